The van der Waals surface area contributed by atoms with Crippen LogP contribution >= 0.6 is 0 Å². The number of amides is 1. The molecule has 1 amide bonds. The Kier molecular flexibility index (Phi) is 2.02. The molecule has 0 bridgehead atoms. The zero-order valence-corrected chi connectivity index (χ0v) is 7.17. The summed E-state index contributed by atoms with van der Waals surface area (Å²) in [5, 5.41) is 6.03. The summed E-state index contributed by atoms with van der Waals surface area (Å²) in [6.45, 7) is 0.830. The van der Waals surface area contributed by atoms with Gasteiger partial charge >= 0.3 is 0 Å². The van der Waals surface area contributed by atoms with Gasteiger partial charge in [-0.15, -0.1) is 0 Å². The number of hydrogen-bond donors (Lipinski definition) is 2. The van der Waals surface area contributed by atoms with Gasteiger partial charge in [-0.3, -0.25) is 10.1 Å². The van der Waals surface area contributed by atoms with E-state index >= 15 is 0 Å². The van der Waals surface area contributed by atoms with Crippen molar-refractivity contribution in [2.45, 2.75) is 25.1 Å². The first-order valence-electron chi connectivity index (χ1n) is 4.38. The molecule has 0 aromatic heterocycles. The van der Waals surface area contributed by atoms with E-state index in [1.807, 2.05) is 0 Å². The van der Waals surface area contributed by atoms with E-state index in [-0.39, 0.29) is 18.2 Å². The molecule has 1 aliphatic heterocycles. The molecule has 12 heavy (non-hydrogen) atoms. The van der Waals surface area contributed by atoms with Crippen LogP contribution in [0.2, 0.25) is 0 Å². The number of ether oxygens (including phenoxy) is 1. The fourth-order valence-corrected chi connectivity index (χ4v) is 1.35. The lowest BCUT2D eigenvalue weighted by Crippen LogP contribution is -2.65. The standard InChI is InChI=1S/C8H14N2O2/c1-12-8-6(4-9-8)10-7(11)5-2-3-5/h5-6,8-9H,2-4H2,1H3,(H,10,11)/t6-,8?/m1/s1. The lowest BCUT2D eigenvalue weighted by molar-refractivity contribution is -0.126. The zero-order chi connectivity index (χ0) is 8.55. The molecular weight excluding hydrogens is 156 g/mol. The molecule has 4 nitrogen and oxygen atoms in total. The third-order valence-corrected chi connectivity index (χ3v) is 2.43. The first-order valence-corrected chi connectivity index (χ1v) is 4.38. The average Bonchev–Trinajstić information content (AvgIpc) is 2.80. The Balaban J connectivity index is 1.74. The molecule has 2 atom stereocenters. The minimum atomic E-state index is 0.0210. The van der Waals surface area contributed by atoms with Crippen LogP contribution in [0.4, 0.5) is 0 Å². The van der Waals surface area contributed by atoms with E-state index in [4.69, 9.17) is 4.74 Å². The number of carbonyl (C=O) groups is 1. The van der Waals surface area contributed by atoms with Gasteiger partial charge in [-0.2, -0.15) is 0 Å². The molecule has 0 aromatic rings. The Labute approximate surface area is 71.7 Å². The van der Waals surface area contributed by atoms with Crippen LogP contribution in [0.5, 0.6) is 0 Å². The van der Waals surface area contributed by atoms with Crippen molar-refractivity contribution in [2.75, 3.05) is 13.7 Å². The molecule has 1 aliphatic carbocycles. The van der Waals surface area contributed by atoms with E-state index in [0.29, 0.717) is 5.92 Å². The zero-order valence-electron chi connectivity index (χ0n) is 7.17. The summed E-state index contributed by atoms with van der Waals surface area (Å²) in [6.07, 6.45) is 2.14. The maximum atomic E-state index is 11.3. The Morgan fingerprint density at radius 1 is 1.58 bits per heavy atom. The molecule has 1 heterocycles. The van der Waals surface area contributed by atoms with Crippen LogP contribution in [-0.2, 0) is 9.53 Å². The summed E-state index contributed by atoms with van der Waals surface area (Å²) in [5.74, 6) is 0.492. The fourth-order valence-electron chi connectivity index (χ4n) is 1.35. The predicted molar refractivity (Wildman–Crippen MR) is 43.5 cm³/mol. The number of hydrogen-bond acceptors (Lipinski definition) is 3. The number of methoxy groups -OCH3 is 1. The molecule has 2 N–H and O–H groups in total. The minimum Gasteiger partial charge on any atom is -0.364 e. The van der Waals surface area contributed by atoms with E-state index in [1.54, 1.807) is 7.11 Å². The molecule has 68 valence electrons. The van der Waals surface area contributed by atoms with Crippen molar-refractivity contribution >= 4 is 5.91 Å². The van der Waals surface area contributed by atoms with Gasteiger partial charge in [0.1, 0.15) is 6.23 Å². The Hall–Kier alpha value is -0.610. The van der Waals surface area contributed by atoms with Gasteiger partial charge in [-0.05, 0) is 12.8 Å². The number of nitrogens with one attached hydrogen (secondary N) is 2. The molecule has 0 radical (unpaired) electrons. The van der Waals surface area contributed by atoms with Crippen molar-refractivity contribution in [3.63, 3.8) is 0 Å². The summed E-state index contributed by atoms with van der Waals surface area (Å²) in [6, 6.07) is 0.183. The second kappa shape index (κ2) is 3.03. The van der Waals surface area contributed by atoms with Crippen molar-refractivity contribution in [1.29, 1.82) is 0 Å². The SMILES string of the molecule is COC1NC[C@H]1NC(=O)C1CC1. The van der Waals surface area contributed by atoms with Gasteiger partial charge in [0.15, 0.2) is 0 Å². The maximum absolute atomic E-state index is 11.3. The lowest BCUT2D eigenvalue weighted by Gasteiger charge is -2.37. The van der Waals surface area contributed by atoms with Crippen LogP contribution in [0, 0.1) is 5.92 Å². The van der Waals surface area contributed by atoms with Crippen LogP contribution in [-0.4, -0.2) is 31.8 Å². The molecular formula is C8H14N2O2. The quantitative estimate of drug-likeness (QED) is 0.598. The topological polar surface area (TPSA) is 50.4 Å². The van der Waals surface area contributed by atoms with Crippen molar-refractivity contribution in [3.8, 4) is 0 Å². The van der Waals surface area contributed by atoms with Crippen molar-refractivity contribution in [1.82, 2.24) is 10.6 Å². The van der Waals surface area contributed by atoms with Gasteiger partial charge in [-0.1, -0.05) is 0 Å². The highest BCUT2D eigenvalue weighted by Crippen LogP contribution is 2.29. The minimum absolute atomic E-state index is 0.0210. The van der Waals surface area contributed by atoms with Crippen molar-refractivity contribution in [3.05, 3.63) is 0 Å². The third kappa shape index (κ3) is 1.44. The highest BCUT2D eigenvalue weighted by Gasteiger charge is 2.36. The van der Waals surface area contributed by atoms with E-state index in [0.717, 1.165) is 19.4 Å². The molecule has 1 saturated heterocycles. The first kappa shape index (κ1) is 8.01. The maximum Gasteiger partial charge on any atom is 0.223 e. The Morgan fingerprint density at radius 3 is 2.75 bits per heavy atom. The van der Waals surface area contributed by atoms with E-state index in [1.165, 1.54) is 0 Å². The van der Waals surface area contributed by atoms with Crippen LogP contribution < -0.4 is 10.6 Å². The molecule has 0 spiro atoms. The summed E-state index contributed by atoms with van der Waals surface area (Å²) >= 11 is 0. The largest absolute Gasteiger partial charge is 0.364 e. The Morgan fingerprint density at radius 2 is 2.33 bits per heavy atom. The lowest BCUT2D eigenvalue weighted by atomic mass is 10.1. The first-order chi connectivity index (χ1) is 5.81. The number of carbonyl (C=O) groups excluding carboxylic acids is 1. The Bertz CT molecular complexity index is 189. The highest BCUT2D eigenvalue weighted by molar-refractivity contribution is 5.81. The van der Waals surface area contributed by atoms with Crippen molar-refractivity contribution in [2.24, 2.45) is 5.92 Å². The molecule has 2 rings (SSSR count). The second-order valence-corrected chi connectivity index (χ2v) is 3.45. The average molecular weight is 170 g/mol. The normalized spacial score (nSPS) is 34.1. The van der Waals surface area contributed by atoms with E-state index < -0.39 is 0 Å². The summed E-state index contributed by atoms with van der Waals surface area (Å²) < 4.78 is 5.07. The van der Waals surface area contributed by atoms with Crippen LogP contribution in [0.25, 0.3) is 0 Å². The third-order valence-electron chi connectivity index (χ3n) is 2.43. The summed E-state index contributed by atoms with van der Waals surface area (Å²) in [4.78, 5) is 11.3. The van der Waals surface area contributed by atoms with Crippen LogP contribution in [0.3, 0.4) is 0 Å². The fraction of sp³-hybridized carbons (Fsp3) is 0.875. The van der Waals surface area contributed by atoms with Gasteiger partial charge < -0.3 is 10.1 Å². The van der Waals surface area contributed by atoms with Gasteiger partial charge in [0.05, 0.1) is 6.04 Å². The molecule has 1 unspecified atom stereocenters. The number of rotatable bonds is 3. The van der Waals surface area contributed by atoms with E-state index in [9.17, 15) is 4.79 Å². The van der Waals surface area contributed by atoms with Gasteiger partial charge in [0.25, 0.3) is 0 Å². The van der Waals surface area contributed by atoms with Crippen LogP contribution in [0.15, 0.2) is 0 Å². The molecule has 1 saturated carbocycles. The highest BCUT2D eigenvalue weighted by atomic mass is 16.5. The summed E-state index contributed by atoms with van der Waals surface area (Å²) in [7, 11) is 1.65. The predicted octanol–water partition coefficient (Wildman–Crippen LogP) is -0.543. The van der Waals surface area contributed by atoms with Crippen LogP contribution in [0.1, 0.15) is 12.8 Å². The monoisotopic (exact) mass is 170 g/mol. The van der Waals surface area contributed by atoms with Gasteiger partial charge in [0, 0.05) is 19.6 Å². The van der Waals surface area contributed by atoms with Gasteiger partial charge in [-0.25, -0.2) is 0 Å². The van der Waals surface area contributed by atoms with Gasteiger partial charge in [0.2, 0.25) is 5.91 Å². The molecule has 2 fully saturated rings. The molecule has 4 heteroatoms. The smallest absolute Gasteiger partial charge is 0.223 e. The molecule has 2 aliphatic rings. The summed E-state index contributed by atoms with van der Waals surface area (Å²) in [5.41, 5.74) is 0. The van der Waals surface area contributed by atoms with Crippen molar-refractivity contribution < 1.29 is 9.53 Å². The second-order valence-electron chi connectivity index (χ2n) is 3.45. The molecule has 0 aromatic carbocycles. The van der Waals surface area contributed by atoms with E-state index in [2.05, 4.69) is 10.6 Å².